The SMILES string of the molecule is O=C(/C=C/c1ccccc1)c1cccc(-n2cnc3cc([N+](=O)[O-])ccc32)c1. The molecular weight excluding hydrogens is 354 g/mol. The Kier molecular flexibility index (Phi) is 4.51. The van der Waals surface area contributed by atoms with Crippen LogP contribution in [0.25, 0.3) is 22.8 Å². The van der Waals surface area contributed by atoms with Crippen molar-refractivity contribution in [3.8, 4) is 5.69 Å². The highest BCUT2D eigenvalue weighted by molar-refractivity contribution is 6.07. The van der Waals surface area contributed by atoms with Crippen molar-refractivity contribution in [3.63, 3.8) is 0 Å². The summed E-state index contributed by atoms with van der Waals surface area (Å²) in [6.07, 6.45) is 4.92. The van der Waals surface area contributed by atoms with Gasteiger partial charge in [-0.3, -0.25) is 19.5 Å². The zero-order chi connectivity index (χ0) is 19.5. The summed E-state index contributed by atoms with van der Waals surface area (Å²) >= 11 is 0. The highest BCUT2D eigenvalue weighted by Crippen LogP contribution is 2.23. The summed E-state index contributed by atoms with van der Waals surface area (Å²) < 4.78 is 1.80. The first kappa shape index (κ1) is 17.4. The van der Waals surface area contributed by atoms with Crippen LogP contribution in [0.4, 0.5) is 5.69 Å². The molecule has 1 aromatic heterocycles. The van der Waals surface area contributed by atoms with Gasteiger partial charge in [-0.15, -0.1) is 0 Å². The molecule has 1 heterocycles. The molecule has 0 radical (unpaired) electrons. The Morgan fingerprint density at radius 1 is 1.00 bits per heavy atom. The zero-order valence-corrected chi connectivity index (χ0v) is 14.7. The molecule has 136 valence electrons. The summed E-state index contributed by atoms with van der Waals surface area (Å²) in [5, 5.41) is 10.9. The molecule has 6 nitrogen and oxygen atoms in total. The minimum atomic E-state index is -0.448. The van der Waals surface area contributed by atoms with E-state index in [-0.39, 0.29) is 11.5 Å². The van der Waals surface area contributed by atoms with Crippen molar-refractivity contribution in [2.24, 2.45) is 0 Å². The molecule has 0 spiro atoms. The number of allylic oxidation sites excluding steroid dienone is 1. The van der Waals surface area contributed by atoms with E-state index in [1.165, 1.54) is 12.1 Å². The molecular formula is C22H15N3O3. The second kappa shape index (κ2) is 7.28. The molecule has 4 aromatic rings. The minimum Gasteiger partial charge on any atom is -0.299 e. The molecule has 0 aliphatic carbocycles. The number of nitro benzene ring substituents is 1. The van der Waals surface area contributed by atoms with Crippen molar-refractivity contribution in [3.05, 3.63) is 106 Å². The molecule has 0 saturated heterocycles. The fourth-order valence-corrected chi connectivity index (χ4v) is 2.96. The second-order valence-corrected chi connectivity index (χ2v) is 6.20. The van der Waals surface area contributed by atoms with Crippen molar-refractivity contribution in [1.82, 2.24) is 9.55 Å². The molecule has 0 atom stereocenters. The topological polar surface area (TPSA) is 78.0 Å². The fraction of sp³-hybridized carbons (Fsp3) is 0. The van der Waals surface area contributed by atoms with Gasteiger partial charge in [0.1, 0.15) is 6.33 Å². The van der Waals surface area contributed by atoms with Crippen LogP contribution in [0.3, 0.4) is 0 Å². The van der Waals surface area contributed by atoms with E-state index in [9.17, 15) is 14.9 Å². The summed E-state index contributed by atoms with van der Waals surface area (Å²) in [6.45, 7) is 0. The molecule has 0 aliphatic heterocycles. The quantitative estimate of drug-likeness (QED) is 0.218. The number of benzene rings is 3. The van der Waals surface area contributed by atoms with E-state index in [1.54, 1.807) is 47.3 Å². The molecule has 0 bridgehead atoms. The van der Waals surface area contributed by atoms with E-state index in [0.717, 1.165) is 16.8 Å². The largest absolute Gasteiger partial charge is 0.299 e. The Morgan fingerprint density at radius 3 is 2.61 bits per heavy atom. The molecule has 0 amide bonds. The Bertz CT molecular complexity index is 1210. The zero-order valence-electron chi connectivity index (χ0n) is 14.7. The van der Waals surface area contributed by atoms with Crippen molar-refractivity contribution in [1.29, 1.82) is 0 Å². The number of fused-ring (bicyclic) bond motifs is 1. The number of nitro groups is 1. The van der Waals surface area contributed by atoms with Gasteiger partial charge in [-0.1, -0.05) is 48.5 Å². The third-order valence-corrected chi connectivity index (χ3v) is 4.38. The van der Waals surface area contributed by atoms with Crippen LogP contribution in [-0.2, 0) is 0 Å². The van der Waals surface area contributed by atoms with Crippen LogP contribution in [0.1, 0.15) is 15.9 Å². The molecule has 3 aromatic carbocycles. The summed E-state index contributed by atoms with van der Waals surface area (Å²) in [5.74, 6) is -0.106. The minimum absolute atomic E-state index is 0.00673. The first-order valence-electron chi connectivity index (χ1n) is 8.61. The van der Waals surface area contributed by atoms with Crippen LogP contribution < -0.4 is 0 Å². The maximum absolute atomic E-state index is 12.5. The monoisotopic (exact) mass is 369 g/mol. The van der Waals surface area contributed by atoms with Crippen LogP contribution in [0.5, 0.6) is 0 Å². The Labute approximate surface area is 160 Å². The highest BCUT2D eigenvalue weighted by Gasteiger charge is 2.12. The third-order valence-electron chi connectivity index (χ3n) is 4.38. The summed E-state index contributed by atoms with van der Waals surface area (Å²) in [7, 11) is 0. The molecule has 0 aliphatic rings. The third kappa shape index (κ3) is 3.43. The predicted molar refractivity (Wildman–Crippen MR) is 108 cm³/mol. The van der Waals surface area contributed by atoms with Crippen LogP contribution >= 0.6 is 0 Å². The van der Waals surface area contributed by atoms with Gasteiger partial charge in [0.05, 0.1) is 16.0 Å². The van der Waals surface area contributed by atoms with Gasteiger partial charge in [-0.2, -0.15) is 0 Å². The smallest absolute Gasteiger partial charge is 0.271 e. The van der Waals surface area contributed by atoms with E-state index < -0.39 is 4.92 Å². The number of carbonyl (C=O) groups excluding carboxylic acids is 1. The summed E-state index contributed by atoms with van der Waals surface area (Å²) in [4.78, 5) is 27.3. The van der Waals surface area contributed by atoms with Gasteiger partial charge in [-0.25, -0.2) is 4.98 Å². The predicted octanol–water partition coefficient (Wildman–Crippen LogP) is 4.83. The maximum Gasteiger partial charge on any atom is 0.271 e. The lowest BCUT2D eigenvalue weighted by atomic mass is 10.1. The molecule has 4 rings (SSSR count). The van der Waals surface area contributed by atoms with Crippen LogP contribution in [-0.4, -0.2) is 20.3 Å². The number of carbonyl (C=O) groups is 1. The number of hydrogen-bond donors (Lipinski definition) is 0. The Morgan fingerprint density at radius 2 is 1.82 bits per heavy atom. The van der Waals surface area contributed by atoms with E-state index in [0.29, 0.717) is 11.1 Å². The molecule has 0 saturated carbocycles. The number of ketones is 1. The van der Waals surface area contributed by atoms with Gasteiger partial charge in [0.15, 0.2) is 5.78 Å². The lowest BCUT2D eigenvalue weighted by Crippen LogP contribution is -1.98. The van der Waals surface area contributed by atoms with Crippen LogP contribution in [0, 0.1) is 10.1 Å². The van der Waals surface area contributed by atoms with Crippen LogP contribution in [0.2, 0.25) is 0 Å². The Balaban J connectivity index is 1.65. The van der Waals surface area contributed by atoms with Crippen LogP contribution in [0.15, 0.2) is 85.2 Å². The van der Waals surface area contributed by atoms with Crippen molar-refractivity contribution >= 4 is 28.6 Å². The average Bonchev–Trinajstić information content (AvgIpc) is 3.16. The van der Waals surface area contributed by atoms with E-state index in [2.05, 4.69) is 4.98 Å². The molecule has 0 unspecified atom stereocenters. The second-order valence-electron chi connectivity index (χ2n) is 6.20. The van der Waals surface area contributed by atoms with Gasteiger partial charge in [0.2, 0.25) is 0 Å². The van der Waals surface area contributed by atoms with E-state index in [1.807, 2.05) is 36.4 Å². The van der Waals surface area contributed by atoms with Crippen molar-refractivity contribution in [2.45, 2.75) is 0 Å². The van der Waals surface area contributed by atoms with Gasteiger partial charge in [0.25, 0.3) is 5.69 Å². The average molecular weight is 369 g/mol. The fourth-order valence-electron chi connectivity index (χ4n) is 2.96. The van der Waals surface area contributed by atoms with E-state index >= 15 is 0 Å². The number of aromatic nitrogens is 2. The van der Waals surface area contributed by atoms with Crippen molar-refractivity contribution in [2.75, 3.05) is 0 Å². The molecule has 6 heteroatoms. The standard InChI is InChI=1S/C22H15N3O3/c26-22(12-9-16-5-2-1-3-6-16)17-7-4-8-18(13-17)24-15-23-20-14-19(25(27)28)10-11-21(20)24/h1-15H/b12-9+. The van der Waals surface area contributed by atoms with Gasteiger partial charge >= 0.3 is 0 Å². The summed E-state index contributed by atoms with van der Waals surface area (Å²) in [5.41, 5.74) is 3.51. The number of non-ortho nitro benzene ring substituents is 1. The van der Waals surface area contributed by atoms with Crippen molar-refractivity contribution < 1.29 is 9.72 Å². The first-order valence-corrected chi connectivity index (χ1v) is 8.61. The normalized spacial score (nSPS) is 11.1. The number of imidazole rings is 1. The lowest BCUT2D eigenvalue weighted by Gasteiger charge is -2.06. The Hall–Kier alpha value is -4.06. The molecule has 28 heavy (non-hydrogen) atoms. The number of hydrogen-bond acceptors (Lipinski definition) is 4. The maximum atomic E-state index is 12.5. The number of rotatable bonds is 5. The first-order chi connectivity index (χ1) is 13.6. The molecule has 0 N–H and O–H groups in total. The molecule has 0 fully saturated rings. The number of nitrogens with zero attached hydrogens (tertiary/aromatic N) is 3. The van der Waals surface area contributed by atoms with Gasteiger partial charge in [0, 0.05) is 23.4 Å². The highest BCUT2D eigenvalue weighted by atomic mass is 16.6. The van der Waals surface area contributed by atoms with E-state index in [4.69, 9.17) is 0 Å². The lowest BCUT2D eigenvalue weighted by molar-refractivity contribution is -0.384. The van der Waals surface area contributed by atoms with Gasteiger partial charge < -0.3 is 0 Å². The summed E-state index contributed by atoms with van der Waals surface area (Å²) in [6, 6.07) is 21.3. The van der Waals surface area contributed by atoms with Gasteiger partial charge in [-0.05, 0) is 29.8 Å².